The number of carbonyl (C=O) groups excluding carboxylic acids is 1. The van der Waals surface area contributed by atoms with Crippen LogP contribution >= 0.6 is 15.9 Å². The van der Waals surface area contributed by atoms with E-state index in [9.17, 15) is 14.9 Å². The molecule has 0 aliphatic rings. The molecule has 1 aromatic carbocycles. The Kier molecular flexibility index (Phi) is 3.94. The highest BCUT2D eigenvalue weighted by molar-refractivity contribution is 9.10. The molecule has 0 saturated heterocycles. The van der Waals surface area contributed by atoms with Crippen molar-refractivity contribution in [3.8, 4) is 0 Å². The van der Waals surface area contributed by atoms with Crippen LogP contribution in [0.15, 0.2) is 41.0 Å². The summed E-state index contributed by atoms with van der Waals surface area (Å²) in [6, 6.07) is 7.45. The molecule has 0 fully saturated rings. The topological polar surface area (TPSA) is 111 Å². The lowest BCUT2D eigenvalue weighted by Crippen LogP contribution is -2.16. The van der Waals surface area contributed by atoms with Crippen molar-refractivity contribution in [2.75, 3.05) is 11.1 Å². The molecule has 1 amide bonds. The number of nitrogens with two attached hydrogens (primary N) is 1. The van der Waals surface area contributed by atoms with E-state index in [0.717, 1.165) is 0 Å². The van der Waals surface area contributed by atoms with Crippen molar-refractivity contribution in [2.45, 2.75) is 0 Å². The van der Waals surface area contributed by atoms with E-state index in [4.69, 9.17) is 5.73 Å². The number of nitrogens with zero attached hydrogens (tertiary/aromatic N) is 2. The number of anilines is 2. The third kappa shape index (κ3) is 2.75. The average Bonchev–Trinajstić information content (AvgIpc) is 2.41. The van der Waals surface area contributed by atoms with E-state index in [1.54, 1.807) is 12.1 Å². The minimum Gasteiger partial charge on any atom is -0.393 e. The molecule has 2 aromatic rings. The minimum atomic E-state index is -0.636. The Morgan fingerprint density at radius 3 is 2.75 bits per heavy atom. The fourth-order valence-corrected chi connectivity index (χ4v) is 1.92. The van der Waals surface area contributed by atoms with E-state index in [2.05, 4.69) is 26.2 Å². The van der Waals surface area contributed by atoms with E-state index >= 15 is 0 Å². The predicted molar refractivity (Wildman–Crippen MR) is 77.4 cm³/mol. The van der Waals surface area contributed by atoms with E-state index in [1.165, 1.54) is 24.4 Å². The van der Waals surface area contributed by atoms with Gasteiger partial charge in [-0.2, -0.15) is 0 Å². The number of hydrogen-bond donors (Lipinski definition) is 2. The van der Waals surface area contributed by atoms with Gasteiger partial charge < -0.3 is 11.1 Å². The Labute approximate surface area is 122 Å². The molecule has 102 valence electrons. The highest BCUT2D eigenvalue weighted by atomic mass is 79.9. The Bertz CT molecular complexity index is 690. The number of carbonyl (C=O) groups is 1. The Morgan fingerprint density at radius 1 is 1.35 bits per heavy atom. The maximum Gasteiger partial charge on any atom is 0.292 e. The third-order valence-corrected chi connectivity index (χ3v) is 3.15. The van der Waals surface area contributed by atoms with Crippen molar-refractivity contribution < 1.29 is 9.72 Å². The first-order valence-corrected chi connectivity index (χ1v) is 6.24. The Hall–Kier alpha value is -2.48. The fourth-order valence-electron chi connectivity index (χ4n) is 1.56. The van der Waals surface area contributed by atoms with Gasteiger partial charge in [0.2, 0.25) is 0 Å². The van der Waals surface area contributed by atoms with Crippen molar-refractivity contribution >= 4 is 39.0 Å². The molecule has 0 saturated carbocycles. The lowest BCUT2D eigenvalue weighted by atomic mass is 10.1. The number of benzene rings is 1. The molecule has 20 heavy (non-hydrogen) atoms. The summed E-state index contributed by atoms with van der Waals surface area (Å²) < 4.78 is 0.595. The third-order valence-electron chi connectivity index (χ3n) is 2.51. The lowest BCUT2D eigenvalue weighted by Gasteiger charge is -2.08. The van der Waals surface area contributed by atoms with Crippen LogP contribution in [-0.2, 0) is 0 Å². The van der Waals surface area contributed by atoms with Gasteiger partial charge in [-0.3, -0.25) is 14.9 Å². The molecule has 8 heteroatoms. The van der Waals surface area contributed by atoms with Crippen LogP contribution in [0.25, 0.3) is 0 Å². The van der Waals surface area contributed by atoms with Crippen LogP contribution in [0.3, 0.4) is 0 Å². The molecule has 0 aliphatic heterocycles. The van der Waals surface area contributed by atoms with E-state index in [-0.39, 0.29) is 16.9 Å². The summed E-state index contributed by atoms with van der Waals surface area (Å²) in [5.41, 5.74) is 5.18. The minimum absolute atomic E-state index is 0.0248. The summed E-state index contributed by atoms with van der Waals surface area (Å²) in [4.78, 5) is 26.2. The van der Waals surface area contributed by atoms with Crippen LogP contribution in [0.1, 0.15) is 10.4 Å². The van der Waals surface area contributed by atoms with Gasteiger partial charge in [-0.15, -0.1) is 0 Å². The molecular weight excluding hydrogens is 328 g/mol. The van der Waals surface area contributed by atoms with Gasteiger partial charge in [0.05, 0.1) is 15.0 Å². The predicted octanol–water partition coefficient (Wildman–Crippen LogP) is 2.59. The maximum atomic E-state index is 12.1. The van der Waals surface area contributed by atoms with E-state index in [0.29, 0.717) is 10.3 Å². The molecule has 1 heterocycles. The number of nitro benzene ring substituents is 1. The van der Waals surface area contributed by atoms with E-state index < -0.39 is 10.8 Å². The number of halogens is 1. The highest BCUT2D eigenvalue weighted by Crippen LogP contribution is 2.26. The standard InChI is InChI=1S/C12H9BrN4O3/c13-8-4-2-6-15-11(8)16-12(18)7-3-1-5-9(10(7)14)17(19)20/h1-6H,14H2,(H,15,16,18). The van der Waals surface area contributed by atoms with Crippen molar-refractivity contribution in [3.05, 3.63) is 56.7 Å². The second-order valence-electron chi connectivity index (χ2n) is 3.78. The molecule has 0 bridgehead atoms. The molecule has 0 unspecified atom stereocenters. The van der Waals surface area contributed by atoms with Crippen LogP contribution < -0.4 is 11.1 Å². The van der Waals surface area contributed by atoms with Crippen molar-refractivity contribution in [1.29, 1.82) is 0 Å². The first-order valence-electron chi connectivity index (χ1n) is 5.45. The number of rotatable bonds is 3. The lowest BCUT2D eigenvalue weighted by molar-refractivity contribution is -0.383. The van der Waals surface area contributed by atoms with Crippen molar-refractivity contribution in [2.24, 2.45) is 0 Å². The largest absolute Gasteiger partial charge is 0.393 e. The molecule has 3 N–H and O–H groups in total. The van der Waals surface area contributed by atoms with Gasteiger partial charge in [-0.1, -0.05) is 6.07 Å². The molecule has 1 aromatic heterocycles. The van der Waals surface area contributed by atoms with Gasteiger partial charge in [0.15, 0.2) is 0 Å². The molecule has 0 atom stereocenters. The SMILES string of the molecule is Nc1c(C(=O)Nc2ncccc2Br)cccc1[N+](=O)[O-]. The molecular formula is C12H9BrN4O3. The van der Waals surface area contributed by atoms with Gasteiger partial charge in [-0.05, 0) is 34.1 Å². The summed E-state index contributed by atoms with van der Waals surface area (Å²) in [5, 5.41) is 13.3. The Morgan fingerprint density at radius 2 is 2.10 bits per heavy atom. The first-order chi connectivity index (χ1) is 9.50. The van der Waals surface area contributed by atoms with Crippen LogP contribution in [-0.4, -0.2) is 15.8 Å². The fraction of sp³-hybridized carbons (Fsp3) is 0. The summed E-state index contributed by atoms with van der Waals surface area (Å²) >= 11 is 3.24. The Balaban J connectivity index is 2.33. The van der Waals surface area contributed by atoms with Gasteiger partial charge >= 0.3 is 0 Å². The zero-order chi connectivity index (χ0) is 14.7. The smallest absolute Gasteiger partial charge is 0.292 e. The molecule has 7 nitrogen and oxygen atoms in total. The van der Waals surface area contributed by atoms with Crippen LogP contribution in [0.2, 0.25) is 0 Å². The number of pyridine rings is 1. The zero-order valence-corrected chi connectivity index (χ0v) is 11.6. The van der Waals surface area contributed by atoms with Crippen LogP contribution in [0.5, 0.6) is 0 Å². The number of hydrogen-bond acceptors (Lipinski definition) is 5. The average molecular weight is 337 g/mol. The van der Waals surface area contributed by atoms with Crippen molar-refractivity contribution in [1.82, 2.24) is 4.98 Å². The normalized spacial score (nSPS) is 10.1. The number of nitro groups is 1. The van der Waals surface area contributed by atoms with Gasteiger partial charge in [-0.25, -0.2) is 4.98 Å². The molecule has 0 spiro atoms. The number of para-hydroxylation sites is 1. The van der Waals surface area contributed by atoms with Crippen LogP contribution in [0.4, 0.5) is 17.2 Å². The van der Waals surface area contributed by atoms with Gasteiger partial charge in [0.1, 0.15) is 11.5 Å². The van der Waals surface area contributed by atoms with E-state index in [1.807, 2.05) is 0 Å². The maximum absolute atomic E-state index is 12.1. The summed E-state index contributed by atoms with van der Waals surface area (Å²) in [7, 11) is 0. The second kappa shape index (κ2) is 5.66. The monoisotopic (exact) mass is 336 g/mol. The first kappa shape index (κ1) is 13.9. The number of nitrogens with one attached hydrogen (secondary N) is 1. The summed E-state index contributed by atoms with van der Waals surface area (Å²) in [5.74, 6) is -0.256. The number of amides is 1. The molecule has 0 aliphatic carbocycles. The summed E-state index contributed by atoms with van der Waals surface area (Å²) in [6.07, 6.45) is 1.51. The van der Waals surface area contributed by atoms with Crippen molar-refractivity contribution in [3.63, 3.8) is 0 Å². The molecule has 2 rings (SSSR count). The second-order valence-corrected chi connectivity index (χ2v) is 4.64. The van der Waals surface area contributed by atoms with Gasteiger partial charge in [0, 0.05) is 12.3 Å². The quantitative estimate of drug-likeness (QED) is 0.508. The zero-order valence-electron chi connectivity index (χ0n) is 10.0. The summed E-state index contributed by atoms with van der Waals surface area (Å²) in [6.45, 7) is 0. The van der Waals surface area contributed by atoms with Crippen LogP contribution in [0, 0.1) is 10.1 Å². The van der Waals surface area contributed by atoms with Gasteiger partial charge in [0.25, 0.3) is 11.6 Å². The number of nitrogen functional groups attached to an aromatic ring is 1. The molecule has 0 radical (unpaired) electrons. The highest BCUT2D eigenvalue weighted by Gasteiger charge is 2.19. The number of aromatic nitrogens is 1.